The Bertz CT molecular complexity index is 442. The van der Waals surface area contributed by atoms with E-state index in [1.807, 2.05) is 0 Å². The highest BCUT2D eigenvalue weighted by atomic mass is 32.2. The maximum absolute atomic E-state index is 11.1. The Labute approximate surface area is 82.1 Å². The van der Waals surface area contributed by atoms with Gasteiger partial charge in [0.1, 0.15) is 6.61 Å². The lowest BCUT2D eigenvalue weighted by molar-refractivity contribution is 0.0334. The first-order chi connectivity index (χ1) is 6.42. The van der Waals surface area contributed by atoms with Crippen LogP contribution in [0.4, 0.5) is 0 Å². The van der Waals surface area contributed by atoms with E-state index in [0.29, 0.717) is 5.56 Å². The zero-order chi connectivity index (χ0) is 10.4. The molecule has 0 aromatic heterocycles. The van der Waals surface area contributed by atoms with Gasteiger partial charge in [0, 0.05) is 11.8 Å². The Morgan fingerprint density at radius 2 is 1.86 bits per heavy atom. The molecule has 14 heavy (non-hydrogen) atoms. The molecule has 1 atom stereocenters. The van der Waals surface area contributed by atoms with Crippen LogP contribution in [-0.2, 0) is 20.4 Å². The normalized spacial score (nSPS) is 26.1. The molecule has 0 bridgehead atoms. The van der Waals surface area contributed by atoms with Crippen LogP contribution in [0.25, 0.3) is 0 Å². The first-order valence-electron chi connectivity index (χ1n) is 4.09. The van der Waals surface area contributed by atoms with E-state index in [2.05, 4.69) is 0 Å². The molecule has 76 valence electrons. The Hall–Kier alpha value is -0.910. The number of ether oxygens (including phenoxy) is 1. The summed E-state index contributed by atoms with van der Waals surface area (Å²) in [5.41, 5.74) is 0.588. The lowest BCUT2D eigenvalue weighted by Gasteiger charge is -2.04. The highest BCUT2D eigenvalue weighted by molar-refractivity contribution is 7.90. The monoisotopic (exact) mass is 214 g/mol. The van der Waals surface area contributed by atoms with E-state index in [1.165, 1.54) is 12.1 Å². The number of epoxide rings is 1. The van der Waals surface area contributed by atoms with Gasteiger partial charge in [-0.3, -0.25) is 0 Å². The van der Waals surface area contributed by atoms with Crippen LogP contribution in [0.2, 0.25) is 0 Å². The maximum Gasteiger partial charge on any atom is 0.217 e. The third kappa shape index (κ3) is 1.66. The molecule has 0 amide bonds. The molecule has 1 aliphatic heterocycles. The molecule has 1 aromatic rings. The van der Waals surface area contributed by atoms with Gasteiger partial charge in [0.15, 0.2) is 9.84 Å². The van der Waals surface area contributed by atoms with Crippen molar-refractivity contribution in [3.63, 3.8) is 0 Å². The zero-order valence-electron chi connectivity index (χ0n) is 7.60. The van der Waals surface area contributed by atoms with Gasteiger partial charge < -0.3 is 9.84 Å². The molecular formula is C9H10O4S. The number of sulfone groups is 1. The van der Waals surface area contributed by atoms with Crippen LogP contribution >= 0.6 is 0 Å². The van der Waals surface area contributed by atoms with Crippen molar-refractivity contribution < 1.29 is 18.3 Å². The molecule has 0 aliphatic carbocycles. The molecule has 1 fully saturated rings. The fraction of sp³-hybridized carbons (Fsp3) is 0.333. The van der Waals surface area contributed by atoms with Crippen molar-refractivity contribution in [1.82, 2.24) is 0 Å². The van der Waals surface area contributed by atoms with Gasteiger partial charge in [-0.05, 0) is 12.1 Å². The molecule has 1 aromatic carbocycles. The van der Waals surface area contributed by atoms with E-state index in [1.54, 1.807) is 12.1 Å². The lowest BCUT2D eigenvalue weighted by Crippen LogP contribution is -2.07. The van der Waals surface area contributed by atoms with Crippen molar-refractivity contribution in [3.8, 4) is 0 Å². The van der Waals surface area contributed by atoms with Gasteiger partial charge in [-0.25, -0.2) is 8.42 Å². The van der Waals surface area contributed by atoms with Gasteiger partial charge in [-0.2, -0.15) is 0 Å². The van der Waals surface area contributed by atoms with Crippen LogP contribution in [0.3, 0.4) is 0 Å². The first-order valence-corrected chi connectivity index (χ1v) is 5.98. The molecule has 1 heterocycles. The second-order valence-electron chi connectivity index (χ2n) is 3.37. The van der Waals surface area contributed by atoms with Crippen LogP contribution in [0.5, 0.6) is 0 Å². The number of hydrogen-bond donors (Lipinski definition) is 1. The molecule has 0 radical (unpaired) electrons. The molecule has 5 heteroatoms. The van der Waals surface area contributed by atoms with E-state index in [0.717, 1.165) is 6.26 Å². The smallest absolute Gasteiger partial charge is 0.217 e. The van der Waals surface area contributed by atoms with Crippen LogP contribution < -0.4 is 0 Å². The minimum atomic E-state index is -3.17. The summed E-state index contributed by atoms with van der Waals surface area (Å²) in [5, 5.41) is 9.52. The number of hydrogen-bond acceptors (Lipinski definition) is 4. The van der Waals surface area contributed by atoms with Gasteiger partial charge in [-0.15, -0.1) is 0 Å². The first kappa shape index (κ1) is 9.64. The number of rotatable bonds is 2. The predicted octanol–water partition coefficient (Wildman–Crippen LogP) is 0.265. The largest absolute Gasteiger partial charge is 0.360 e. The summed E-state index contributed by atoms with van der Waals surface area (Å²) >= 11 is 0. The fourth-order valence-corrected chi connectivity index (χ4v) is 1.83. The predicted molar refractivity (Wildman–Crippen MR) is 49.4 cm³/mol. The maximum atomic E-state index is 11.1. The van der Waals surface area contributed by atoms with Crippen molar-refractivity contribution in [2.75, 3.05) is 12.9 Å². The summed E-state index contributed by atoms with van der Waals surface area (Å²) in [4.78, 5) is 0.241. The SMILES string of the molecule is CS(=O)(=O)c1ccc(C2(O)CO2)cc1. The zero-order valence-corrected chi connectivity index (χ0v) is 8.41. The quantitative estimate of drug-likeness (QED) is 0.717. The molecule has 4 nitrogen and oxygen atoms in total. The average Bonchev–Trinajstić information content (AvgIpc) is 2.84. The van der Waals surface area contributed by atoms with Crippen LogP contribution in [-0.4, -0.2) is 26.4 Å². The molecule has 0 spiro atoms. The molecule has 1 saturated heterocycles. The molecule has 1 N–H and O–H groups in total. The molecule has 1 aliphatic rings. The number of aliphatic hydroxyl groups is 1. The van der Waals surface area contributed by atoms with E-state index in [-0.39, 0.29) is 11.5 Å². The van der Waals surface area contributed by atoms with E-state index in [9.17, 15) is 13.5 Å². The summed E-state index contributed by atoms with van der Waals surface area (Å²) < 4.78 is 27.0. The minimum absolute atomic E-state index is 0.241. The van der Waals surface area contributed by atoms with Gasteiger partial charge in [0.25, 0.3) is 0 Å². The van der Waals surface area contributed by atoms with Crippen LogP contribution in [0.1, 0.15) is 5.56 Å². The summed E-state index contributed by atoms with van der Waals surface area (Å²) in [6, 6.07) is 6.04. The van der Waals surface area contributed by atoms with Gasteiger partial charge in [0.2, 0.25) is 5.79 Å². The highest BCUT2D eigenvalue weighted by Crippen LogP contribution is 2.35. The Kier molecular flexibility index (Phi) is 1.92. The van der Waals surface area contributed by atoms with Crippen LogP contribution in [0, 0.1) is 0 Å². The second kappa shape index (κ2) is 2.79. The van der Waals surface area contributed by atoms with E-state index < -0.39 is 15.6 Å². The molecule has 2 rings (SSSR count). The van der Waals surface area contributed by atoms with Gasteiger partial charge in [0.05, 0.1) is 4.90 Å². The van der Waals surface area contributed by atoms with E-state index in [4.69, 9.17) is 4.74 Å². The third-order valence-electron chi connectivity index (χ3n) is 2.15. The minimum Gasteiger partial charge on any atom is -0.360 e. The van der Waals surface area contributed by atoms with Crippen molar-refractivity contribution in [2.45, 2.75) is 10.7 Å². The van der Waals surface area contributed by atoms with Gasteiger partial charge >= 0.3 is 0 Å². The van der Waals surface area contributed by atoms with Crippen molar-refractivity contribution in [2.24, 2.45) is 0 Å². The summed E-state index contributed by atoms with van der Waals surface area (Å²) in [6.45, 7) is 0.269. The summed E-state index contributed by atoms with van der Waals surface area (Å²) in [5.74, 6) is -1.18. The van der Waals surface area contributed by atoms with Crippen molar-refractivity contribution in [3.05, 3.63) is 29.8 Å². The topological polar surface area (TPSA) is 66.9 Å². The molecule has 1 unspecified atom stereocenters. The van der Waals surface area contributed by atoms with E-state index >= 15 is 0 Å². The average molecular weight is 214 g/mol. The van der Waals surface area contributed by atoms with Crippen molar-refractivity contribution in [1.29, 1.82) is 0 Å². The highest BCUT2D eigenvalue weighted by Gasteiger charge is 2.44. The Balaban J connectivity index is 2.36. The number of benzene rings is 1. The Morgan fingerprint density at radius 1 is 1.36 bits per heavy atom. The van der Waals surface area contributed by atoms with Gasteiger partial charge in [-0.1, -0.05) is 12.1 Å². The lowest BCUT2D eigenvalue weighted by atomic mass is 10.1. The standard InChI is InChI=1S/C9H10O4S/c1-14(11,12)8-4-2-7(3-5-8)9(10)6-13-9/h2-5,10H,6H2,1H3. The van der Waals surface area contributed by atoms with Crippen LogP contribution in [0.15, 0.2) is 29.2 Å². The fourth-order valence-electron chi connectivity index (χ4n) is 1.20. The van der Waals surface area contributed by atoms with Crippen molar-refractivity contribution >= 4 is 9.84 Å². The summed E-state index contributed by atoms with van der Waals surface area (Å²) in [6.07, 6.45) is 1.14. The summed E-state index contributed by atoms with van der Waals surface area (Å²) in [7, 11) is -3.17. The third-order valence-corrected chi connectivity index (χ3v) is 3.28. The Morgan fingerprint density at radius 3 is 2.21 bits per heavy atom. The second-order valence-corrected chi connectivity index (χ2v) is 5.39. The molecular weight excluding hydrogens is 204 g/mol. The molecule has 0 saturated carbocycles.